The number of hydrogen-bond acceptors (Lipinski definition) is 2. The molecule has 5 heteroatoms. The molecule has 110 valence electrons. The topological polar surface area (TPSA) is 74.6 Å². The molecule has 0 atom stereocenters. The smallest absolute Gasteiger partial charge is 1.00 e. The number of hydrogen-bond donors (Lipinski definition) is 2. The van der Waals surface area contributed by atoms with Crippen molar-refractivity contribution in [2.24, 2.45) is 5.41 Å². The summed E-state index contributed by atoms with van der Waals surface area (Å²) in [5, 5.41) is 19.1. The second kappa shape index (κ2) is 7.84. The second-order valence-electron chi connectivity index (χ2n) is 5.02. The molecule has 0 aliphatic heterocycles. The number of rotatable bonds is 6. The van der Waals surface area contributed by atoms with Gasteiger partial charge in [-0.15, -0.1) is 0 Å². The monoisotopic (exact) mass is 292 g/mol. The van der Waals surface area contributed by atoms with Crippen molar-refractivity contribution >= 4 is 11.9 Å². The fourth-order valence-electron chi connectivity index (χ4n) is 2.35. The fourth-order valence-corrected chi connectivity index (χ4v) is 2.35. The molecular formula is C17H17LiO4. The Morgan fingerprint density at radius 3 is 1.36 bits per heavy atom. The molecule has 0 saturated carbocycles. The van der Waals surface area contributed by atoms with Crippen LogP contribution in [-0.4, -0.2) is 22.2 Å². The molecule has 2 aromatic rings. The van der Waals surface area contributed by atoms with Crippen LogP contribution >= 0.6 is 0 Å². The number of carbonyl (C=O) groups is 2. The van der Waals surface area contributed by atoms with Crippen molar-refractivity contribution in [1.82, 2.24) is 0 Å². The van der Waals surface area contributed by atoms with Gasteiger partial charge in [-0.05, 0) is 24.0 Å². The molecule has 2 N–H and O–H groups in total. The summed E-state index contributed by atoms with van der Waals surface area (Å²) >= 11 is 0. The summed E-state index contributed by atoms with van der Waals surface area (Å²) in [6.45, 7) is 0. The maximum atomic E-state index is 11.7. The van der Waals surface area contributed by atoms with Crippen molar-refractivity contribution in [2.45, 2.75) is 12.8 Å². The van der Waals surface area contributed by atoms with Gasteiger partial charge in [0.05, 0.1) is 0 Å². The summed E-state index contributed by atoms with van der Waals surface area (Å²) in [7, 11) is 0. The Hall–Kier alpha value is -2.02. The zero-order valence-electron chi connectivity index (χ0n) is 13.4. The predicted octanol–water partition coefficient (Wildman–Crippen LogP) is -0.256. The van der Waals surface area contributed by atoms with Gasteiger partial charge >= 0.3 is 30.8 Å². The first-order chi connectivity index (χ1) is 10.0. The van der Waals surface area contributed by atoms with Gasteiger partial charge in [0, 0.05) is 0 Å². The second-order valence-corrected chi connectivity index (χ2v) is 5.02. The van der Waals surface area contributed by atoms with E-state index in [1.807, 2.05) is 12.1 Å². The molecule has 0 bridgehead atoms. The van der Waals surface area contributed by atoms with Crippen LogP contribution in [0.3, 0.4) is 0 Å². The molecule has 0 aliphatic rings. The van der Waals surface area contributed by atoms with Gasteiger partial charge < -0.3 is 11.6 Å². The molecule has 0 fully saturated rings. The molecular weight excluding hydrogens is 275 g/mol. The molecule has 0 aromatic heterocycles. The van der Waals surface area contributed by atoms with Crippen molar-refractivity contribution < 1.29 is 40.1 Å². The Kier molecular flexibility index (Phi) is 6.42. The Morgan fingerprint density at radius 1 is 0.773 bits per heavy atom. The van der Waals surface area contributed by atoms with E-state index < -0.39 is 17.4 Å². The summed E-state index contributed by atoms with van der Waals surface area (Å²) in [6.07, 6.45) is -0.0964. The number of carboxylic acid groups (broad SMARTS) is 2. The number of benzene rings is 2. The number of aliphatic carboxylic acids is 2. The minimum atomic E-state index is -1.86. The third kappa shape index (κ3) is 4.00. The Morgan fingerprint density at radius 2 is 1.09 bits per heavy atom. The van der Waals surface area contributed by atoms with E-state index in [1.165, 1.54) is 0 Å². The van der Waals surface area contributed by atoms with Gasteiger partial charge in [-0.2, -0.15) is 0 Å². The van der Waals surface area contributed by atoms with Crippen LogP contribution in [0.5, 0.6) is 0 Å². The van der Waals surface area contributed by atoms with Gasteiger partial charge in [-0.3, -0.25) is 9.59 Å². The van der Waals surface area contributed by atoms with E-state index in [-0.39, 0.29) is 33.1 Å². The molecule has 0 saturated heterocycles. The molecule has 2 aromatic carbocycles. The first kappa shape index (κ1) is 18.0. The molecule has 0 amide bonds. The summed E-state index contributed by atoms with van der Waals surface area (Å²) < 4.78 is 0. The average molecular weight is 292 g/mol. The van der Waals surface area contributed by atoms with Crippen molar-refractivity contribution in [3.63, 3.8) is 0 Å². The maximum Gasteiger partial charge on any atom is 1.00 e. The average Bonchev–Trinajstić information content (AvgIpc) is 2.48. The molecule has 0 heterocycles. The fraction of sp³-hybridized carbons (Fsp3) is 0.176. The van der Waals surface area contributed by atoms with Crippen molar-refractivity contribution in [3.8, 4) is 0 Å². The van der Waals surface area contributed by atoms with E-state index in [2.05, 4.69) is 0 Å². The van der Waals surface area contributed by atoms with Gasteiger partial charge in [0.1, 0.15) is 0 Å². The van der Waals surface area contributed by atoms with Crippen LogP contribution in [0.4, 0.5) is 0 Å². The van der Waals surface area contributed by atoms with Crippen LogP contribution in [0.15, 0.2) is 60.7 Å². The van der Waals surface area contributed by atoms with E-state index in [0.717, 1.165) is 0 Å². The molecule has 2 rings (SSSR count). The van der Waals surface area contributed by atoms with Gasteiger partial charge in [0.15, 0.2) is 5.41 Å². The van der Waals surface area contributed by atoms with E-state index >= 15 is 0 Å². The van der Waals surface area contributed by atoms with E-state index in [1.54, 1.807) is 48.5 Å². The molecule has 4 nitrogen and oxygen atoms in total. The molecule has 0 radical (unpaired) electrons. The van der Waals surface area contributed by atoms with Crippen molar-refractivity contribution in [3.05, 3.63) is 71.8 Å². The largest absolute Gasteiger partial charge is 1.00 e. The Labute approximate surface area is 142 Å². The minimum Gasteiger partial charge on any atom is -1.00 e. The van der Waals surface area contributed by atoms with Gasteiger partial charge in [0.2, 0.25) is 0 Å². The van der Waals surface area contributed by atoms with Crippen LogP contribution in [0.2, 0.25) is 0 Å². The van der Waals surface area contributed by atoms with E-state index in [0.29, 0.717) is 11.1 Å². The molecule has 0 aliphatic carbocycles. The summed E-state index contributed by atoms with van der Waals surface area (Å²) in [5.41, 5.74) is -0.473. The zero-order chi connectivity index (χ0) is 15.3. The molecule has 0 spiro atoms. The van der Waals surface area contributed by atoms with E-state index in [9.17, 15) is 19.8 Å². The van der Waals surface area contributed by atoms with Crippen LogP contribution in [0.25, 0.3) is 0 Å². The van der Waals surface area contributed by atoms with Gasteiger partial charge in [-0.1, -0.05) is 60.7 Å². The Bertz CT molecular complexity index is 574. The number of carboxylic acids is 2. The predicted molar refractivity (Wildman–Crippen MR) is 79.1 cm³/mol. The van der Waals surface area contributed by atoms with Crippen LogP contribution in [0.1, 0.15) is 12.6 Å². The molecule has 0 unspecified atom stereocenters. The third-order valence-electron chi connectivity index (χ3n) is 3.52. The van der Waals surface area contributed by atoms with Gasteiger partial charge in [-0.25, -0.2) is 0 Å². The van der Waals surface area contributed by atoms with Crippen LogP contribution in [0, 0.1) is 5.41 Å². The minimum absolute atomic E-state index is 0. The third-order valence-corrected chi connectivity index (χ3v) is 3.52. The maximum absolute atomic E-state index is 11.7. The van der Waals surface area contributed by atoms with Crippen LogP contribution < -0.4 is 18.9 Å². The summed E-state index contributed by atoms with van der Waals surface area (Å²) in [6, 6.07) is 17.7. The Balaban J connectivity index is 0.00000242. The summed E-state index contributed by atoms with van der Waals surface area (Å²) in [5.74, 6) is -2.63. The first-order valence-corrected chi connectivity index (χ1v) is 6.59. The normalized spacial score (nSPS) is 10.5. The van der Waals surface area contributed by atoms with Gasteiger partial charge in [0.25, 0.3) is 0 Å². The van der Waals surface area contributed by atoms with Crippen molar-refractivity contribution in [1.29, 1.82) is 0 Å². The first-order valence-electron chi connectivity index (χ1n) is 6.59. The van der Waals surface area contributed by atoms with Crippen molar-refractivity contribution in [2.75, 3.05) is 0 Å². The summed E-state index contributed by atoms with van der Waals surface area (Å²) in [4.78, 5) is 23.4. The quantitative estimate of drug-likeness (QED) is 0.568. The SMILES string of the molecule is O=C(O)C(Cc1ccccc1)(Cc1ccccc1)C(=O)O.[H-].[Li+]. The molecule has 22 heavy (non-hydrogen) atoms. The van der Waals surface area contributed by atoms with Crippen LogP contribution in [-0.2, 0) is 22.4 Å². The zero-order valence-corrected chi connectivity index (χ0v) is 12.4. The van der Waals surface area contributed by atoms with E-state index in [4.69, 9.17) is 0 Å². The standard InChI is InChI=1S/C17H16O4.Li.H/c18-15(19)17(16(20)21,11-13-7-3-1-4-8-13)12-14-9-5-2-6-10-14;;/h1-10H,11-12H2,(H,18,19)(H,20,21);;/q;+1;-1.